The summed E-state index contributed by atoms with van der Waals surface area (Å²) in [6.07, 6.45) is -11.2. The number of anilines is 1. The monoisotopic (exact) mass is 643 g/mol. The number of hydrogen-bond acceptors (Lipinski definition) is 9. The van der Waals surface area contributed by atoms with Gasteiger partial charge >= 0.3 is 18.3 Å². The number of amides is 3. The lowest BCUT2D eigenvalue weighted by atomic mass is 10.0. The second-order valence-corrected chi connectivity index (χ2v) is 12.0. The number of likely N-dealkylation sites (N-methyl/N-ethyl adjacent to an activating group) is 1. The number of ether oxygens (including phenoxy) is 1. The summed E-state index contributed by atoms with van der Waals surface area (Å²) in [5.74, 6) is -5.38. The number of nitrogens with one attached hydrogen (secondary N) is 2. The minimum absolute atomic E-state index is 0.0671. The molecule has 44 heavy (non-hydrogen) atoms. The van der Waals surface area contributed by atoms with E-state index in [-0.39, 0.29) is 40.9 Å². The molecule has 2 aliphatic rings. The van der Waals surface area contributed by atoms with Gasteiger partial charge in [0.1, 0.15) is 5.69 Å². The SMILES string of the molecule is CNC(OC(=O)C(F)(F)F)C(=O)Nc1c(-c2ccnc3cc(CN4C(=O)C5C(C4=O)C5(C)C)sc23)cc(C(F)(F)F)nc1C. The molecular formula is C27H23F6N5O5S. The van der Waals surface area contributed by atoms with Crippen LogP contribution in [0.1, 0.15) is 30.1 Å². The Hall–Kier alpha value is -4.12. The van der Waals surface area contributed by atoms with Gasteiger partial charge in [-0.25, -0.2) is 9.78 Å². The number of hydrogen-bond donors (Lipinski definition) is 2. The number of halogens is 6. The number of aryl methyl sites for hydroxylation is 1. The average molecular weight is 644 g/mol. The van der Waals surface area contributed by atoms with E-state index < -0.39 is 53.4 Å². The van der Waals surface area contributed by atoms with Crippen LogP contribution in [0.15, 0.2) is 24.4 Å². The highest BCUT2D eigenvalue weighted by Gasteiger charge is 2.72. The lowest BCUT2D eigenvalue weighted by molar-refractivity contribution is -0.205. The Morgan fingerprint density at radius 2 is 1.73 bits per heavy atom. The topological polar surface area (TPSA) is 131 Å². The Kier molecular flexibility index (Phi) is 7.47. The molecule has 3 aromatic heterocycles. The third kappa shape index (κ3) is 5.38. The van der Waals surface area contributed by atoms with Gasteiger partial charge < -0.3 is 10.1 Å². The lowest BCUT2D eigenvalue weighted by Crippen LogP contribution is -2.44. The van der Waals surface area contributed by atoms with E-state index in [4.69, 9.17) is 0 Å². The van der Waals surface area contributed by atoms with Crippen molar-refractivity contribution in [2.45, 2.75) is 45.9 Å². The minimum atomic E-state index is -5.41. The molecule has 4 heterocycles. The summed E-state index contributed by atoms with van der Waals surface area (Å²) in [4.78, 5) is 59.3. The zero-order valence-corrected chi connectivity index (χ0v) is 24.1. The summed E-state index contributed by atoms with van der Waals surface area (Å²) in [5, 5.41) is 4.34. The first-order valence-electron chi connectivity index (χ1n) is 12.9. The predicted molar refractivity (Wildman–Crippen MR) is 143 cm³/mol. The Morgan fingerprint density at radius 3 is 2.30 bits per heavy atom. The number of imide groups is 1. The van der Waals surface area contributed by atoms with Crippen LogP contribution in [0.4, 0.5) is 32.0 Å². The van der Waals surface area contributed by atoms with E-state index in [1.54, 1.807) is 6.07 Å². The van der Waals surface area contributed by atoms with Gasteiger partial charge in [-0.2, -0.15) is 26.3 Å². The zero-order chi connectivity index (χ0) is 32.5. The largest absolute Gasteiger partial charge is 0.490 e. The van der Waals surface area contributed by atoms with Crippen molar-refractivity contribution in [1.29, 1.82) is 0 Å². The Balaban J connectivity index is 1.53. The molecule has 1 aliphatic carbocycles. The number of rotatable bonds is 7. The molecule has 3 aromatic rings. The molecule has 0 radical (unpaired) electrons. The van der Waals surface area contributed by atoms with Gasteiger partial charge in [0.2, 0.25) is 18.0 Å². The van der Waals surface area contributed by atoms with Crippen LogP contribution in [-0.4, -0.2) is 58.0 Å². The molecule has 1 aliphatic heterocycles. The average Bonchev–Trinajstić information content (AvgIpc) is 3.15. The second-order valence-electron chi connectivity index (χ2n) is 10.9. The third-order valence-electron chi connectivity index (χ3n) is 7.65. The van der Waals surface area contributed by atoms with Gasteiger partial charge in [-0.05, 0) is 37.6 Å². The minimum Gasteiger partial charge on any atom is -0.430 e. The third-order valence-corrected chi connectivity index (χ3v) is 8.80. The van der Waals surface area contributed by atoms with Crippen molar-refractivity contribution in [3.05, 3.63) is 40.7 Å². The van der Waals surface area contributed by atoms with Crippen LogP contribution in [0, 0.1) is 24.2 Å². The number of carbonyl (C=O) groups is 4. The van der Waals surface area contributed by atoms with E-state index >= 15 is 0 Å². The lowest BCUT2D eigenvalue weighted by Gasteiger charge is -2.21. The molecule has 3 atom stereocenters. The van der Waals surface area contributed by atoms with E-state index in [1.807, 2.05) is 13.8 Å². The molecule has 0 bridgehead atoms. The van der Waals surface area contributed by atoms with Crippen molar-refractivity contribution in [1.82, 2.24) is 20.2 Å². The van der Waals surface area contributed by atoms with Gasteiger partial charge in [0.25, 0.3) is 5.91 Å². The molecule has 0 spiro atoms. The molecule has 3 amide bonds. The van der Waals surface area contributed by atoms with Crippen LogP contribution in [0.3, 0.4) is 0 Å². The number of thiophene rings is 1. The number of piperidine rings is 1. The fraction of sp³-hybridized carbons (Fsp3) is 0.407. The molecule has 1 saturated carbocycles. The zero-order valence-electron chi connectivity index (χ0n) is 23.3. The fourth-order valence-electron chi connectivity index (χ4n) is 5.39. The van der Waals surface area contributed by atoms with E-state index in [0.717, 1.165) is 30.2 Å². The van der Waals surface area contributed by atoms with E-state index in [9.17, 15) is 45.5 Å². The predicted octanol–water partition coefficient (Wildman–Crippen LogP) is 4.42. The highest BCUT2D eigenvalue weighted by Crippen LogP contribution is 2.63. The molecular weight excluding hydrogens is 620 g/mol. The summed E-state index contributed by atoms with van der Waals surface area (Å²) < 4.78 is 84.1. The van der Waals surface area contributed by atoms with E-state index in [2.05, 4.69) is 25.3 Å². The summed E-state index contributed by atoms with van der Waals surface area (Å²) in [7, 11) is 1.03. The van der Waals surface area contributed by atoms with Crippen molar-refractivity contribution in [3.63, 3.8) is 0 Å². The Labute approximate surface area is 248 Å². The van der Waals surface area contributed by atoms with Crippen LogP contribution < -0.4 is 10.6 Å². The van der Waals surface area contributed by atoms with Crippen molar-refractivity contribution >= 4 is 50.9 Å². The van der Waals surface area contributed by atoms with Crippen LogP contribution in [0.5, 0.6) is 0 Å². The first kappa shape index (κ1) is 31.3. The number of carbonyl (C=O) groups excluding carboxylic acids is 4. The number of alkyl halides is 6. The van der Waals surface area contributed by atoms with Crippen LogP contribution in [0.2, 0.25) is 0 Å². The number of fused-ring (bicyclic) bond motifs is 2. The Bertz CT molecular complexity index is 1700. The number of aromatic nitrogens is 2. The number of esters is 1. The quantitative estimate of drug-likeness (QED) is 0.168. The van der Waals surface area contributed by atoms with Crippen molar-refractivity contribution in [2.75, 3.05) is 12.4 Å². The first-order valence-corrected chi connectivity index (χ1v) is 13.8. The summed E-state index contributed by atoms with van der Waals surface area (Å²) in [6, 6.07) is 3.62. The Morgan fingerprint density at radius 1 is 1.09 bits per heavy atom. The molecule has 2 fully saturated rings. The summed E-state index contributed by atoms with van der Waals surface area (Å²) in [6.45, 7) is 4.77. The van der Waals surface area contributed by atoms with Gasteiger partial charge in [-0.1, -0.05) is 13.8 Å². The summed E-state index contributed by atoms with van der Waals surface area (Å²) >= 11 is 1.06. The number of pyridine rings is 2. The first-order chi connectivity index (χ1) is 20.4. The van der Waals surface area contributed by atoms with Gasteiger partial charge in [-0.15, -0.1) is 11.3 Å². The maximum absolute atomic E-state index is 13.8. The van der Waals surface area contributed by atoms with Crippen LogP contribution in [0.25, 0.3) is 21.3 Å². The molecule has 3 unspecified atom stereocenters. The highest BCUT2D eigenvalue weighted by molar-refractivity contribution is 7.19. The van der Waals surface area contributed by atoms with Crippen molar-refractivity contribution < 1.29 is 50.3 Å². The maximum Gasteiger partial charge on any atom is 0.490 e. The van der Waals surface area contributed by atoms with E-state index in [0.29, 0.717) is 21.2 Å². The normalized spacial score (nSPS) is 20.1. The van der Waals surface area contributed by atoms with Crippen molar-refractivity contribution in [3.8, 4) is 11.1 Å². The van der Waals surface area contributed by atoms with E-state index in [1.165, 1.54) is 12.3 Å². The van der Waals surface area contributed by atoms with Crippen LogP contribution in [-0.2, 0) is 36.6 Å². The molecule has 17 heteroatoms. The van der Waals surface area contributed by atoms with Gasteiger partial charge in [-0.3, -0.25) is 29.6 Å². The molecule has 5 rings (SSSR count). The van der Waals surface area contributed by atoms with Gasteiger partial charge in [0, 0.05) is 22.2 Å². The maximum atomic E-state index is 13.8. The smallest absolute Gasteiger partial charge is 0.430 e. The van der Waals surface area contributed by atoms with Gasteiger partial charge in [0.05, 0.1) is 40.0 Å². The number of nitrogens with zero attached hydrogens (tertiary/aromatic N) is 3. The molecule has 0 aromatic carbocycles. The molecule has 234 valence electrons. The highest BCUT2D eigenvalue weighted by atomic mass is 32.1. The van der Waals surface area contributed by atoms with Crippen molar-refractivity contribution in [2.24, 2.45) is 17.3 Å². The molecule has 2 N–H and O–H groups in total. The molecule has 10 nitrogen and oxygen atoms in total. The standard InChI is InChI=1S/C27H23F6N5O5S/c1-10-18(37-20(39)21(34-4)43-24(42)27(31,32)33)13(8-15(36-10)26(28,29)30)12-5-6-35-14-7-11(44-19(12)14)9-38-22(40)16-17(23(38)41)25(16,2)3/h5-8,16-17,21,34H,9H2,1-4H3,(H,37,39). The fourth-order valence-corrected chi connectivity index (χ4v) is 6.52. The summed E-state index contributed by atoms with van der Waals surface area (Å²) in [5.41, 5.74) is -2.08. The molecule has 1 saturated heterocycles. The second kappa shape index (κ2) is 10.5. The van der Waals surface area contributed by atoms with Gasteiger partial charge in [0.15, 0.2) is 0 Å². The number of likely N-dealkylation sites (tertiary alicyclic amines) is 1. The van der Waals surface area contributed by atoms with Crippen LogP contribution >= 0.6 is 11.3 Å².